The monoisotopic (exact) mass is 376 g/mol. The molecule has 0 aliphatic heterocycles. The second-order valence-electron chi connectivity index (χ2n) is 5.41. The third-order valence-electron chi connectivity index (χ3n) is 3.60. The number of rotatable bonds is 4. The maximum Gasteiger partial charge on any atom is 0.433 e. The highest BCUT2D eigenvalue weighted by molar-refractivity contribution is 5.55. The molecule has 2 heterocycles. The minimum atomic E-state index is -4.72. The summed E-state index contributed by atoms with van der Waals surface area (Å²) in [7, 11) is 0. The molecule has 27 heavy (non-hydrogen) atoms. The first-order valence-corrected chi connectivity index (χ1v) is 7.54. The molecule has 0 amide bonds. The fourth-order valence-corrected chi connectivity index (χ4v) is 2.28. The number of nitrogens with zero attached hydrogens (tertiary/aromatic N) is 4. The Bertz CT molecular complexity index is 994. The zero-order valence-corrected chi connectivity index (χ0v) is 13.8. The van der Waals surface area contributed by atoms with Crippen molar-refractivity contribution >= 4 is 5.69 Å². The van der Waals surface area contributed by atoms with Crippen LogP contribution in [0.3, 0.4) is 0 Å². The van der Waals surface area contributed by atoms with E-state index in [0.717, 1.165) is 0 Å². The van der Waals surface area contributed by atoms with E-state index < -0.39 is 16.8 Å². The van der Waals surface area contributed by atoms with Crippen LogP contribution in [0.1, 0.15) is 11.3 Å². The van der Waals surface area contributed by atoms with Crippen molar-refractivity contribution in [3.05, 3.63) is 70.2 Å². The van der Waals surface area contributed by atoms with Crippen molar-refractivity contribution in [3.63, 3.8) is 0 Å². The Morgan fingerprint density at radius 1 is 1.11 bits per heavy atom. The highest BCUT2D eigenvalue weighted by Crippen LogP contribution is 2.34. The Balaban J connectivity index is 2.08. The Labute approximate surface area is 150 Å². The Kier molecular flexibility index (Phi) is 4.72. The fraction of sp³-hybridized carbons (Fsp3) is 0.118. The van der Waals surface area contributed by atoms with Gasteiger partial charge < -0.3 is 4.74 Å². The molecule has 0 radical (unpaired) electrons. The van der Waals surface area contributed by atoms with Gasteiger partial charge >= 0.3 is 6.18 Å². The Morgan fingerprint density at radius 3 is 2.44 bits per heavy atom. The van der Waals surface area contributed by atoms with Crippen molar-refractivity contribution in [2.75, 3.05) is 0 Å². The average Bonchev–Trinajstić information content (AvgIpc) is 2.63. The lowest BCUT2D eigenvalue weighted by atomic mass is 10.2. The van der Waals surface area contributed by atoms with Crippen LogP contribution >= 0.6 is 0 Å². The molecule has 0 saturated carbocycles. The van der Waals surface area contributed by atoms with E-state index in [4.69, 9.17) is 4.74 Å². The van der Waals surface area contributed by atoms with Gasteiger partial charge in [0.1, 0.15) is 5.75 Å². The van der Waals surface area contributed by atoms with Gasteiger partial charge in [-0.15, -0.1) is 0 Å². The summed E-state index contributed by atoms with van der Waals surface area (Å²) in [5, 5.41) is 11.0. The normalized spacial score (nSPS) is 11.3. The van der Waals surface area contributed by atoms with E-state index in [2.05, 4.69) is 15.0 Å². The summed E-state index contributed by atoms with van der Waals surface area (Å²) in [6.07, 6.45) is -1.94. The SMILES string of the molecule is Cc1c(Oc2cc(C(F)(F)F)nc(-c3ccncc3)n2)cccc1[N+](=O)[O-]. The van der Waals surface area contributed by atoms with Crippen molar-refractivity contribution in [1.29, 1.82) is 0 Å². The fourth-order valence-electron chi connectivity index (χ4n) is 2.28. The first-order valence-electron chi connectivity index (χ1n) is 7.54. The lowest BCUT2D eigenvalue weighted by Gasteiger charge is -2.12. The molecular formula is C17H11F3N4O3. The largest absolute Gasteiger partial charge is 0.438 e. The number of pyridine rings is 1. The summed E-state index contributed by atoms with van der Waals surface area (Å²) in [5.74, 6) is -0.560. The third-order valence-corrected chi connectivity index (χ3v) is 3.60. The van der Waals surface area contributed by atoms with Crippen molar-refractivity contribution in [2.24, 2.45) is 0 Å². The molecule has 10 heteroatoms. The van der Waals surface area contributed by atoms with E-state index in [1.165, 1.54) is 49.6 Å². The number of nitro benzene ring substituents is 1. The van der Waals surface area contributed by atoms with E-state index in [0.29, 0.717) is 11.6 Å². The maximum atomic E-state index is 13.2. The van der Waals surface area contributed by atoms with Gasteiger partial charge in [-0.25, -0.2) is 4.98 Å². The second-order valence-corrected chi connectivity index (χ2v) is 5.41. The number of alkyl halides is 3. The van der Waals surface area contributed by atoms with Gasteiger partial charge in [0.15, 0.2) is 11.5 Å². The zero-order chi connectivity index (χ0) is 19.6. The molecule has 0 bridgehead atoms. The van der Waals surface area contributed by atoms with Gasteiger partial charge in [0.2, 0.25) is 5.88 Å². The number of ether oxygens (including phenoxy) is 1. The molecular weight excluding hydrogens is 365 g/mol. The first-order chi connectivity index (χ1) is 12.8. The number of hydrogen-bond donors (Lipinski definition) is 0. The summed E-state index contributed by atoms with van der Waals surface area (Å²) in [6.45, 7) is 1.43. The maximum absolute atomic E-state index is 13.2. The molecule has 0 aliphatic carbocycles. The molecule has 0 saturated heterocycles. The molecule has 2 aromatic heterocycles. The zero-order valence-electron chi connectivity index (χ0n) is 13.8. The van der Waals surface area contributed by atoms with Crippen LogP contribution in [-0.2, 0) is 6.18 Å². The van der Waals surface area contributed by atoms with Crippen molar-refractivity contribution in [2.45, 2.75) is 13.1 Å². The van der Waals surface area contributed by atoms with Crippen LogP contribution in [0.15, 0.2) is 48.8 Å². The van der Waals surface area contributed by atoms with Crippen LogP contribution in [0, 0.1) is 17.0 Å². The van der Waals surface area contributed by atoms with Crippen LogP contribution in [0.5, 0.6) is 11.6 Å². The highest BCUT2D eigenvalue weighted by atomic mass is 19.4. The van der Waals surface area contributed by atoms with E-state index in [-0.39, 0.29) is 28.7 Å². The summed E-state index contributed by atoms with van der Waals surface area (Å²) in [4.78, 5) is 21.7. The van der Waals surface area contributed by atoms with Crippen LogP contribution in [0.4, 0.5) is 18.9 Å². The molecule has 1 aromatic carbocycles. The third kappa shape index (κ3) is 4.00. The molecule has 3 aromatic rings. The van der Waals surface area contributed by atoms with Crippen LogP contribution in [-0.4, -0.2) is 19.9 Å². The quantitative estimate of drug-likeness (QED) is 0.489. The predicted octanol–water partition coefficient (Wildman–Crippen LogP) is 4.57. The molecule has 0 atom stereocenters. The van der Waals surface area contributed by atoms with E-state index in [1.807, 2.05) is 0 Å². The molecule has 0 unspecified atom stereocenters. The van der Waals surface area contributed by atoms with Crippen LogP contribution in [0.2, 0.25) is 0 Å². The molecule has 0 spiro atoms. The standard InChI is InChI=1S/C17H11F3N4O3/c1-10-12(24(25)26)3-2-4-13(10)27-15-9-14(17(18,19)20)22-16(23-15)11-5-7-21-8-6-11/h2-9H,1H3. The van der Waals surface area contributed by atoms with E-state index >= 15 is 0 Å². The van der Waals surface area contributed by atoms with Gasteiger partial charge in [-0.1, -0.05) is 6.07 Å². The topological polar surface area (TPSA) is 91.0 Å². The number of nitro groups is 1. The van der Waals surface area contributed by atoms with E-state index in [1.54, 1.807) is 0 Å². The van der Waals surface area contributed by atoms with Crippen LogP contribution in [0.25, 0.3) is 11.4 Å². The molecule has 0 fully saturated rings. The lowest BCUT2D eigenvalue weighted by molar-refractivity contribution is -0.385. The van der Waals surface area contributed by atoms with Crippen molar-refractivity contribution in [3.8, 4) is 23.0 Å². The van der Waals surface area contributed by atoms with Crippen LogP contribution < -0.4 is 4.74 Å². The Morgan fingerprint density at radius 2 is 1.81 bits per heavy atom. The highest BCUT2D eigenvalue weighted by Gasteiger charge is 2.34. The van der Waals surface area contributed by atoms with Gasteiger partial charge in [-0.2, -0.15) is 18.2 Å². The number of halogens is 3. The molecule has 0 aliphatic rings. The van der Waals surface area contributed by atoms with Gasteiger partial charge in [0, 0.05) is 30.1 Å². The van der Waals surface area contributed by atoms with Gasteiger partial charge in [0.25, 0.3) is 5.69 Å². The number of hydrogen-bond acceptors (Lipinski definition) is 6. The van der Waals surface area contributed by atoms with Gasteiger partial charge in [-0.3, -0.25) is 15.1 Å². The summed E-state index contributed by atoms with van der Waals surface area (Å²) in [5.41, 5.74) is -0.925. The summed E-state index contributed by atoms with van der Waals surface area (Å²) < 4.78 is 45.0. The number of benzene rings is 1. The van der Waals surface area contributed by atoms with Gasteiger partial charge in [-0.05, 0) is 25.1 Å². The molecule has 138 valence electrons. The smallest absolute Gasteiger partial charge is 0.433 e. The summed E-state index contributed by atoms with van der Waals surface area (Å²) >= 11 is 0. The first kappa shape index (κ1) is 18.2. The van der Waals surface area contributed by atoms with Crippen molar-refractivity contribution < 1.29 is 22.8 Å². The Hall–Kier alpha value is -3.56. The molecule has 0 N–H and O–H groups in total. The molecule has 3 rings (SSSR count). The second kappa shape index (κ2) is 6.98. The average molecular weight is 376 g/mol. The molecule has 7 nitrogen and oxygen atoms in total. The van der Waals surface area contributed by atoms with Gasteiger partial charge in [0.05, 0.1) is 10.5 Å². The minimum absolute atomic E-state index is 0.0247. The predicted molar refractivity (Wildman–Crippen MR) is 88.2 cm³/mol. The van der Waals surface area contributed by atoms with Crippen molar-refractivity contribution in [1.82, 2.24) is 15.0 Å². The lowest BCUT2D eigenvalue weighted by Crippen LogP contribution is -2.10. The minimum Gasteiger partial charge on any atom is -0.438 e. The van der Waals surface area contributed by atoms with E-state index in [9.17, 15) is 23.3 Å². The summed E-state index contributed by atoms with van der Waals surface area (Å²) in [6, 6.07) is 7.60. The number of aromatic nitrogens is 3.